The molecule has 1 aromatic rings. The van der Waals surface area contributed by atoms with E-state index < -0.39 is 5.60 Å². The number of rotatable bonds is 2. The second kappa shape index (κ2) is 3.89. The summed E-state index contributed by atoms with van der Waals surface area (Å²) < 4.78 is 0. The molecule has 2 fully saturated rings. The van der Waals surface area contributed by atoms with Crippen molar-refractivity contribution < 1.29 is 5.11 Å². The van der Waals surface area contributed by atoms with Crippen LogP contribution >= 0.6 is 0 Å². The fourth-order valence-corrected chi connectivity index (χ4v) is 3.06. The van der Waals surface area contributed by atoms with Crippen molar-refractivity contribution in [2.45, 2.75) is 56.5 Å². The molecular weight excluding hydrogens is 196 g/mol. The lowest BCUT2D eigenvalue weighted by atomic mass is 9.79. The van der Waals surface area contributed by atoms with E-state index in [0.29, 0.717) is 0 Å². The van der Waals surface area contributed by atoms with Crippen LogP contribution in [0.5, 0.6) is 0 Å². The zero-order chi connectivity index (χ0) is 11.0. The molecule has 0 amide bonds. The summed E-state index contributed by atoms with van der Waals surface area (Å²) in [6, 6.07) is 8.77. The minimum absolute atomic E-state index is 0.516. The van der Waals surface area contributed by atoms with Gasteiger partial charge in [-0.15, -0.1) is 0 Å². The largest absolute Gasteiger partial charge is 0.385 e. The second-order valence-electron chi connectivity index (χ2n) is 5.49. The van der Waals surface area contributed by atoms with Gasteiger partial charge in [-0.1, -0.05) is 43.5 Å². The molecular formula is C15H20O. The first kappa shape index (κ1) is 10.3. The van der Waals surface area contributed by atoms with Crippen LogP contribution in [0.3, 0.4) is 0 Å². The fourth-order valence-electron chi connectivity index (χ4n) is 3.06. The van der Waals surface area contributed by atoms with Crippen molar-refractivity contribution in [3.63, 3.8) is 0 Å². The number of benzene rings is 1. The summed E-state index contributed by atoms with van der Waals surface area (Å²) in [5.41, 5.74) is 2.09. The van der Waals surface area contributed by atoms with Gasteiger partial charge >= 0.3 is 0 Å². The Morgan fingerprint density at radius 1 is 0.938 bits per heavy atom. The topological polar surface area (TPSA) is 20.2 Å². The Bertz CT molecular complexity index is 356. The first-order valence-corrected chi connectivity index (χ1v) is 6.61. The predicted molar refractivity (Wildman–Crippen MR) is 65.4 cm³/mol. The molecule has 1 nitrogen and oxygen atoms in total. The van der Waals surface area contributed by atoms with Gasteiger partial charge in [0.25, 0.3) is 0 Å². The lowest BCUT2D eigenvalue weighted by Crippen LogP contribution is -2.20. The Balaban J connectivity index is 1.81. The Labute approximate surface area is 97.5 Å². The Hall–Kier alpha value is -0.820. The monoisotopic (exact) mass is 216 g/mol. The van der Waals surface area contributed by atoms with Crippen molar-refractivity contribution >= 4 is 0 Å². The lowest BCUT2D eigenvalue weighted by molar-refractivity contribution is 0.0444. The summed E-state index contributed by atoms with van der Waals surface area (Å²) in [4.78, 5) is 0. The smallest absolute Gasteiger partial charge is 0.0896 e. The average Bonchev–Trinajstić information content (AvgIpc) is 2.65. The fraction of sp³-hybridized carbons (Fsp3) is 0.600. The maximum atomic E-state index is 10.5. The summed E-state index contributed by atoms with van der Waals surface area (Å²) >= 11 is 0. The molecule has 2 saturated carbocycles. The van der Waals surface area contributed by atoms with E-state index in [-0.39, 0.29) is 0 Å². The molecule has 2 aliphatic carbocycles. The third kappa shape index (κ3) is 1.67. The standard InChI is InChI=1S/C15H20O/c16-15(10-1-2-11-15)14-8-6-13(7-9-14)12-4-3-5-12/h6-9,12,16H,1-5,10-11H2. The van der Waals surface area contributed by atoms with Gasteiger partial charge in [0, 0.05) is 0 Å². The van der Waals surface area contributed by atoms with Gasteiger partial charge in [0.05, 0.1) is 5.60 Å². The van der Waals surface area contributed by atoms with Gasteiger partial charge in [-0.25, -0.2) is 0 Å². The molecule has 0 aliphatic heterocycles. The van der Waals surface area contributed by atoms with Crippen LogP contribution in [-0.2, 0) is 5.60 Å². The van der Waals surface area contributed by atoms with E-state index in [4.69, 9.17) is 0 Å². The van der Waals surface area contributed by atoms with E-state index in [1.54, 1.807) is 0 Å². The Morgan fingerprint density at radius 2 is 1.56 bits per heavy atom. The van der Waals surface area contributed by atoms with E-state index >= 15 is 0 Å². The molecule has 0 atom stereocenters. The summed E-state index contributed by atoms with van der Waals surface area (Å²) in [6.07, 6.45) is 8.30. The van der Waals surface area contributed by atoms with E-state index in [1.807, 2.05) is 0 Å². The third-order valence-electron chi connectivity index (χ3n) is 4.46. The molecule has 0 bridgehead atoms. The van der Waals surface area contributed by atoms with Crippen molar-refractivity contribution in [2.24, 2.45) is 0 Å². The molecule has 2 aliphatic rings. The molecule has 16 heavy (non-hydrogen) atoms. The maximum absolute atomic E-state index is 10.5. The molecule has 1 N–H and O–H groups in total. The van der Waals surface area contributed by atoms with Crippen LogP contribution in [0.4, 0.5) is 0 Å². The molecule has 0 aromatic heterocycles. The zero-order valence-corrected chi connectivity index (χ0v) is 9.78. The van der Waals surface area contributed by atoms with Crippen molar-refractivity contribution in [1.82, 2.24) is 0 Å². The zero-order valence-electron chi connectivity index (χ0n) is 9.78. The Morgan fingerprint density at radius 3 is 2.06 bits per heavy atom. The number of hydrogen-bond donors (Lipinski definition) is 1. The van der Waals surface area contributed by atoms with Crippen LogP contribution in [0, 0.1) is 0 Å². The molecule has 0 radical (unpaired) electrons. The van der Waals surface area contributed by atoms with Gasteiger partial charge in [0.2, 0.25) is 0 Å². The van der Waals surface area contributed by atoms with Gasteiger partial charge in [-0.3, -0.25) is 0 Å². The van der Waals surface area contributed by atoms with Crippen LogP contribution < -0.4 is 0 Å². The highest BCUT2D eigenvalue weighted by molar-refractivity contribution is 5.30. The molecule has 0 spiro atoms. The van der Waals surface area contributed by atoms with Crippen LogP contribution in [0.25, 0.3) is 0 Å². The van der Waals surface area contributed by atoms with Gasteiger partial charge < -0.3 is 5.11 Å². The van der Waals surface area contributed by atoms with Crippen LogP contribution in [-0.4, -0.2) is 5.11 Å². The minimum Gasteiger partial charge on any atom is -0.385 e. The van der Waals surface area contributed by atoms with Crippen molar-refractivity contribution in [3.8, 4) is 0 Å². The summed E-state index contributed by atoms with van der Waals surface area (Å²) in [5.74, 6) is 0.798. The average molecular weight is 216 g/mol. The van der Waals surface area contributed by atoms with Crippen molar-refractivity contribution in [1.29, 1.82) is 0 Å². The van der Waals surface area contributed by atoms with Crippen molar-refractivity contribution in [2.75, 3.05) is 0 Å². The molecule has 1 heteroatoms. The Kier molecular flexibility index (Phi) is 2.51. The van der Waals surface area contributed by atoms with Crippen LogP contribution in [0.1, 0.15) is 62.0 Å². The molecule has 0 heterocycles. The van der Waals surface area contributed by atoms with Crippen LogP contribution in [0.15, 0.2) is 24.3 Å². The maximum Gasteiger partial charge on any atom is 0.0896 e. The molecule has 1 aromatic carbocycles. The highest BCUT2D eigenvalue weighted by Crippen LogP contribution is 2.40. The summed E-state index contributed by atoms with van der Waals surface area (Å²) in [6.45, 7) is 0. The first-order chi connectivity index (χ1) is 7.78. The van der Waals surface area contributed by atoms with Crippen molar-refractivity contribution in [3.05, 3.63) is 35.4 Å². The van der Waals surface area contributed by atoms with Gasteiger partial charge in [-0.05, 0) is 42.7 Å². The van der Waals surface area contributed by atoms with E-state index in [2.05, 4.69) is 24.3 Å². The van der Waals surface area contributed by atoms with E-state index in [9.17, 15) is 5.11 Å². The summed E-state index contributed by atoms with van der Waals surface area (Å²) in [5, 5.41) is 10.5. The highest BCUT2D eigenvalue weighted by atomic mass is 16.3. The third-order valence-corrected chi connectivity index (χ3v) is 4.46. The normalized spacial score (nSPS) is 24.3. The van der Waals surface area contributed by atoms with Gasteiger partial charge in [-0.2, -0.15) is 0 Å². The lowest BCUT2D eigenvalue weighted by Gasteiger charge is -2.27. The molecule has 0 unspecified atom stereocenters. The number of hydrogen-bond acceptors (Lipinski definition) is 1. The molecule has 3 rings (SSSR count). The van der Waals surface area contributed by atoms with Gasteiger partial charge in [0.1, 0.15) is 0 Å². The van der Waals surface area contributed by atoms with E-state index in [0.717, 1.165) is 24.3 Å². The van der Waals surface area contributed by atoms with Gasteiger partial charge in [0.15, 0.2) is 0 Å². The molecule has 86 valence electrons. The van der Waals surface area contributed by atoms with E-state index in [1.165, 1.54) is 37.7 Å². The highest BCUT2D eigenvalue weighted by Gasteiger charge is 2.33. The first-order valence-electron chi connectivity index (χ1n) is 6.61. The minimum atomic E-state index is -0.516. The van der Waals surface area contributed by atoms with Crippen LogP contribution in [0.2, 0.25) is 0 Å². The SMILES string of the molecule is OC1(c2ccc(C3CCC3)cc2)CCCC1. The predicted octanol–water partition coefficient (Wildman–Crippen LogP) is 3.72. The second-order valence-corrected chi connectivity index (χ2v) is 5.49. The quantitative estimate of drug-likeness (QED) is 0.799. The molecule has 0 saturated heterocycles. The number of aliphatic hydroxyl groups is 1. The summed E-state index contributed by atoms with van der Waals surface area (Å²) in [7, 11) is 0.